The van der Waals surface area contributed by atoms with Crippen molar-refractivity contribution >= 4 is 0 Å². The summed E-state index contributed by atoms with van der Waals surface area (Å²) in [6.45, 7) is -1.25. The molecule has 0 unspecified atom stereocenters. The topological polar surface area (TPSA) is 195 Å². The van der Waals surface area contributed by atoms with Crippen LogP contribution in [0.1, 0.15) is 0 Å². The minimum atomic E-state index is -1.67. The second kappa shape index (κ2) is 7.63. The fourth-order valence-electron chi connectivity index (χ4n) is 2.54. The summed E-state index contributed by atoms with van der Waals surface area (Å²) in [5, 5.41) is 67.0. The highest BCUT2D eigenvalue weighted by atomic mass is 16.8. The van der Waals surface area contributed by atoms with Gasteiger partial charge in [-0.3, -0.25) is 0 Å². The van der Waals surface area contributed by atoms with Crippen LogP contribution in [-0.2, 0) is 14.2 Å². The van der Waals surface area contributed by atoms with Gasteiger partial charge in [-0.25, -0.2) is 0 Å². The number of hydrogen-bond donors (Lipinski definition) is 8. The number of rotatable bonds is 4. The molecule has 11 nitrogen and oxygen atoms in total. The molecular weight excluding hydrogens is 318 g/mol. The molecular formula is C12H23NO10. The molecule has 0 radical (unpaired) electrons. The molecule has 0 aromatic carbocycles. The van der Waals surface area contributed by atoms with Crippen LogP contribution in [0.15, 0.2) is 0 Å². The molecule has 23 heavy (non-hydrogen) atoms. The van der Waals surface area contributed by atoms with Crippen LogP contribution in [-0.4, -0.2) is 110 Å². The molecule has 2 heterocycles. The Morgan fingerprint density at radius 3 is 1.70 bits per heavy atom. The molecule has 2 fully saturated rings. The fraction of sp³-hybridized carbons (Fsp3) is 1.00. The number of aliphatic hydroxyl groups excluding tert-OH is 7. The number of aliphatic hydroxyl groups is 7. The molecule has 0 aromatic rings. The van der Waals surface area contributed by atoms with Crippen LogP contribution in [0.4, 0.5) is 0 Å². The van der Waals surface area contributed by atoms with Crippen molar-refractivity contribution in [3.8, 4) is 0 Å². The standard InChI is InChI=1S/C12H23NO10/c13-5-8(18)6(16)3(1-14)21-11(5)23-12-10(20)9(19)7(17)4(2-15)22-12/h3-12,14-20H,1-2,13H2/t3-,4-,5-,6-,7+,8-,9+,10-,11+,12+/m1/s1. The van der Waals surface area contributed by atoms with Gasteiger partial charge in [0.2, 0.25) is 0 Å². The predicted molar refractivity (Wildman–Crippen MR) is 70.6 cm³/mol. The maximum absolute atomic E-state index is 9.88. The van der Waals surface area contributed by atoms with Gasteiger partial charge >= 0.3 is 0 Å². The minimum absolute atomic E-state index is 0.612. The lowest BCUT2D eigenvalue weighted by atomic mass is 9.97. The van der Waals surface area contributed by atoms with Crippen molar-refractivity contribution in [3.63, 3.8) is 0 Å². The summed E-state index contributed by atoms with van der Waals surface area (Å²) in [5.74, 6) is 0. The van der Waals surface area contributed by atoms with Crippen LogP contribution in [0, 0.1) is 0 Å². The van der Waals surface area contributed by atoms with Crippen LogP contribution in [0.5, 0.6) is 0 Å². The van der Waals surface area contributed by atoms with E-state index in [4.69, 9.17) is 30.2 Å². The molecule has 2 saturated heterocycles. The van der Waals surface area contributed by atoms with E-state index in [1.54, 1.807) is 0 Å². The number of ether oxygens (including phenoxy) is 3. The van der Waals surface area contributed by atoms with E-state index in [-0.39, 0.29) is 0 Å². The van der Waals surface area contributed by atoms with Gasteiger partial charge in [-0.1, -0.05) is 0 Å². The lowest BCUT2D eigenvalue weighted by Gasteiger charge is -2.45. The first-order chi connectivity index (χ1) is 10.8. The van der Waals surface area contributed by atoms with Gasteiger partial charge in [0, 0.05) is 0 Å². The molecule has 0 amide bonds. The van der Waals surface area contributed by atoms with Crippen LogP contribution in [0.2, 0.25) is 0 Å². The molecule has 9 N–H and O–H groups in total. The van der Waals surface area contributed by atoms with Crippen molar-refractivity contribution in [2.75, 3.05) is 13.2 Å². The highest BCUT2D eigenvalue weighted by Crippen LogP contribution is 2.27. The van der Waals surface area contributed by atoms with Crippen molar-refractivity contribution in [2.45, 2.75) is 61.3 Å². The average Bonchev–Trinajstić information content (AvgIpc) is 2.55. The van der Waals surface area contributed by atoms with Crippen LogP contribution >= 0.6 is 0 Å². The van der Waals surface area contributed by atoms with E-state index in [9.17, 15) is 25.5 Å². The largest absolute Gasteiger partial charge is 0.394 e. The Morgan fingerprint density at radius 1 is 0.696 bits per heavy atom. The van der Waals surface area contributed by atoms with Gasteiger partial charge < -0.3 is 55.7 Å². The van der Waals surface area contributed by atoms with Gasteiger partial charge in [0.1, 0.15) is 42.7 Å². The highest BCUT2D eigenvalue weighted by Gasteiger charge is 2.48. The Kier molecular flexibility index (Phi) is 6.27. The first kappa shape index (κ1) is 18.9. The maximum Gasteiger partial charge on any atom is 0.189 e. The van der Waals surface area contributed by atoms with Crippen molar-refractivity contribution in [1.82, 2.24) is 0 Å². The molecule has 11 heteroatoms. The molecule has 0 bridgehead atoms. The highest BCUT2D eigenvalue weighted by molar-refractivity contribution is 4.93. The maximum atomic E-state index is 9.88. The summed E-state index contributed by atoms with van der Waals surface area (Å²) in [6.07, 6.45) is -13.0. The fourth-order valence-corrected chi connectivity index (χ4v) is 2.54. The van der Waals surface area contributed by atoms with E-state index in [0.717, 1.165) is 0 Å². The molecule has 0 aromatic heterocycles. The number of nitrogens with two attached hydrogens (primary N) is 1. The second-order valence-corrected chi connectivity index (χ2v) is 5.62. The zero-order chi connectivity index (χ0) is 17.3. The van der Waals surface area contributed by atoms with Gasteiger partial charge in [-0.05, 0) is 0 Å². The third kappa shape index (κ3) is 3.65. The average molecular weight is 341 g/mol. The molecule has 0 spiro atoms. The Morgan fingerprint density at radius 2 is 1.17 bits per heavy atom. The molecule has 2 aliphatic rings. The minimum Gasteiger partial charge on any atom is -0.394 e. The summed E-state index contributed by atoms with van der Waals surface area (Å²) < 4.78 is 15.6. The van der Waals surface area contributed by atoms with Gasteiger partial charge in [-0.2, -0.15) is 0 Å². The third-order valence-corrected chi connectivity index (χ3v) is 4.05. The summed E-state index contributed by atoms with van der Waals surface area (Å²) in [6, 6.07) is -1.22. The van der Waals surface area contributed by atoms with Crippen LogP contribution in [0.3, 0.4) is 0 Å². The molecule has 0 saturated carbocycles. The van der Waals surface area contributed by atoms with E-state index in [1.807, 2.05) is 0 Å². The van der Waals surface area contributed by atoms with E-state index in [1.165, 1.54) is 0 Å². The van der Waals surface area contributed by atoms with E-state index in [2.05, 4.69) is 0 Å². The lowest BCUT2D eigenvalue weighted by Crippen LogP contribution is -2.65. The number of hydrogen-bond acceptors (Lipinski definition) is 11. The van der Waals surface area contributed by atoms with Crippen molar-refractivity contribution in [1.29, 1.82) is 0 Å². The Hall–Kier alpha value is -0.440. The SMILES string of the molecule is N[C@H]1[C@H](O[C@@H]2O[C@H](CO)[C@H](O)[C@H](O)[C@H]2O)O[C@H](CO)[C@@H](O)[C@@H]1O. The van der Waals surface area contributed by atoms with Crippen molar-refractivity contribution in [2.24, 2.45) is 5.73 Å². The Bertz CT molecular complexity index is 349. The van der Waals surface area contributed by atoms with E-state index in [0.29, 0.717) is 0 Å². The molecule has 136 valence electrons. The molecule has 0 aliphatic carbocycles. The van der Waals surface area contributed by atoms with Crippen molar-refractivity contribution < 1.29 is 50.0 Å². The van der Waals surface area contributed by atoms with E-state index < -0.39 is 74.6 Å². The third-order valence-electron chi connectivity index (χ3n) is 4.05. The van der Waals surface area contributed by atoms with Gasteiger partial charge in [0.15, 0.2) is 12.6 Å². The smallest absolute Gasteiger partial charge is 0.189 e. The first-order valence-corrected chi connectivity index (χ1v) is 7.15. The zero-order valence-corrected chi connectivity index (χ0v) is 12.1. The van der Waals surface area contributed by atoms with Gasteiger partial charge in [-0.15, -0.1) is 0 Å². The van der Waals surface area contributed by atoms with Crippen molar-refractivity contribution in [3.05, 3.63) is 0 Å². The Balaban J connectivity index is 2.07. The van der Waals surface area contributed by atoms with Gasteiger partial charge in [0.05, 0.1) is 19.3 Å². The first-order valence-electron chi connectivity index (χ1n) is 7.15. The van der Waals surface area contributed by atoms with E-state index >= 15 is 0 Å². The normalized spacial score (nSPS) is 51.7. The molecule has 2 aliphatic heterocycles. The second-order valence-electron chi connectivity index (χ2n) is 5.62. The molecule has 2 rings (SSSR count). The summed E-state index contributed by atoms with van der Waals surface area (Å²) >= 11 is 0. The lowest BCUT2D eigenvalue weighted by molar-refractivity contribution is -0.361. The van der Waals surface area contributed by atoms with Gasteiger partial charge in [0.25, 0.3) is 0 Å². The summed E-state index contributed by atoms with van der Waals surface area (Å²) in [7, 11) is 0. The van der Waals surface area contributed by atoms with Crippen LogP contribution in [0.25, 0.3) is 0 Å². The summed E-state index contributed by atoms with van der Waals surface area (Å²) in [5.41, 5.74) is 5.68. The molecule has 10 atom stereocenters. The quantitative estimate of drug-likeness (QED) is 0.243. The monoisotopic (exact) mass is 341 g/mol. The summed E-state index contributed by atoms with van der Waals surface area (Å²) in [4.78, 5) is 0. The predicted octanol–water partition coefficient (Wildman–Crippen LogP) is -5.43. The zero-order valence-electron chi connectivity index (χ0n) is 12.1. The van der Waals surface area contributed by atoms with Crippen LogP contribution < -0.4 is 5.73 Å². The Labute approximate surface area is 131 Å².